The average Bonchev–Trinajstić information content (AvgIpc) is 3.91. The second-order valence-electron chi connectivity index (χ2n) is 17.6. The number of carbonyl (C=O) groups is 9. The maximum Gasteiger partial charge on any atom is 0.326 e. The quantitative estimate of drug-likeness (QED) is 0.0170. The van der Waals surface area contributed by atoms with Crippen molar-refractivity contribution in [2.75, 3.05) is 44.8 Å². The van der Waals surface area contributed by atoms with Crippen LogP contribution in [-0.4, -0.2) is 184 Å². The van der Waals surface area contributed by atoms with E-state index in [0.717, 1.165) is 0 Å². The summed E-state index contributed by atoms with van der Waals surface area (Å²) in [6, 6.07) is -2.08. The highest BCUT2D eigenvalue weighted by molar-refractivity contribution is 7.98. The fourth-order valence-electron chi connectivity index (χ4n) is 7.09. The Balaban J connectivity index is 2.35. The van der Waals surface area contributed by atoms with Gasteiger partial charge in [-0.25, -0.2) is 9.78 Å². The zero-order valence-electron chi connectivity index (χ0n) is 43.6. The van der Waals surface area contributed by atoms with E-state index < -0.39 is 115 Å². The molecule has 78 heavy (non-hydrogen) atoms. The number of nitrogens with zero attached hydrogens (tertiary/aromatic N) is 4. The van der Waals surface area contributed by atoms with Gasteiger partial charge in [0.1, 0.15) is 42.3 Å². The first kappa shape index (κ1) is 65.9. The van der Waals surface area contributed by atoms with Gasteiger partial charge in [-0.05, 0) is 69.4 Å². The molecule has 0 saturated carbocycles. The normalized spacial score (nSPS) is 13.8. The highest BCUT2D eigenvalue weighted by atomic mass is 32.2. The number of aliphatic hydroxyl groups is 1. The van der Waals surface area contributed by atoms with Crippen molar-refractivity contribution in [1.82, 2.24) is 52.5 Å². The summed E-state index contributed by atoms with van der Waals surface area (Å²) in [6.45, 7) is -0.270. The fourth-order valence-corrected chi connectivity index (χ4v) is 7.56. The van der Waals surface area contributed by atoms with Crippen molar-refractivity contribution in [1.29, 1.82) is 0 Å². The van der Waals surface area contributed by atoms with E-state index in [1.54, 1.807) is 36.6 Å². The molecule has 8 amide bonds. The van der Waals surface area contributed by atoms with E-state index >= 15 is 0 Å². The van der Waals surface area contributed by atoms with Gasteiger partial charge in [0.25, 0.3) is 0 Å². The van der Waals surface area contributed by atoms with Gasteiger partial charge in [0, 0.05) is 44.4 Å². The molecule has 0 unspecified atom stereocenters. The van der Waals surface area contributed by atoms with E-state index in [-0.39, 0.29) is 95.3 Å². The zero-order valence-corrected chi connectivity index (χ0v) is 44.4. The van der Waals surface area contributed by atoms with Crippen LogP contribution in [0.3, 0.4) is 0 Å². The molecule has 1 aromatic carbocycles. The van der Waals surface area contributed by atoms with Crippen LogP contribution in [0.15, 0.2) is 57.8 Å². The van der Waals surface area contributed by atoms with Crippen molar-refractivity contribution in [2.24, 2.45) is 55.1 Å². The summed E-state index contributed by atoms with van der Waals surface area (Å²) in [5, 5.41) is 40.0. The maximum absolute atomic E-state index is 14.2. The fraction of sp³-hybridized carbons (Fsp3) is 0.543. The Morgan fingerprint density at radius 2 is 1.03 bits per heavy atom. The zero-order chi connectivity index (χ0) is 58.2. The molecule has 0 bridgehead atoms. The minimum atomic E-state index is -1.72. The van der Waals surface area contributed by atoms with E-state index in [1.165, 1.54) is 31.2 Å². The van der Waals surface area contributed by atoms with Gasteiger partial charge in [-0.2, -0.15) is 11.8 Å². The summed E-state index contributed by atoms with van der Waals surface area (Å²) in [7, 11) is 0. The number of carboxylic acids is 1. The number of hydrogen-bond donors (Lipinski definition) is 18. The third kappa shape index (κ3) is 26.5. The molecule has 0 aliphatic rings. The highest BCUT2D eigenvalue weighted by Gasteiger charge is 2.34. The van der Waals surface area contributed by atoms with Crippen molar-refractivity contribution < 1.29 is 53.4 Å². The lowest BCUT2D eigenvalue weighted by atomic mass is 10.0. The summed E-state index contributed by atoms with van der Waals surface area (Å²) in [6.07, 6.45) is 4.44. The molecule has 0 aliphatic heterocycles. The molecule has 32 heteroatoms. The van der Waals surface area contributed by atoms with Crippen molar-refractivity contribution in [3.05, 3.63) is 54.1 Å². The first-order valence-electron chi connectivity index (χ1n) is 24.7. The predicted octanol–water partition coefficient (Wildman–Crippen LogP) is -6.96. The molecule has 0 saturated heterocycles. The van der Waals surface area contributed by atoms with Crippen molar-refractivity contribution in [3.8, 4) is 0 Å². The highest BCUT2D eigenvalue weighted by Crippen LogP contribution is 2.10. The van der Waals surface area contributed by atoms with Crippen LogP contribution < -0.4 is 82.7 Å². The topological polar surface area (TPSA) is 538 Å². The first-order chi connectivity index (χ1) is 37.0. The Kier molecular flexibility index (Phi) is 30.3. The minimum Gasteiger partial charge on any atom is -0.480 e. The van der Waals surface area contributed by atoms with Gasteiger partial charge in [0.2, 0.25) is 47.3 Å². The number of thioether (sulfide) groups is 1. The van der Waals surface area contributed by atoms with Gasteiger partial charge in [-0.15, -0.1) is 0 Å². The molecule has 2 rings (SSSR count). The second kappa shape index (κ2) is 35.9. The van der Waals surface area contributed by atoms with Crippen LogP contribution in [0.1, 0.15) is 63.1 Å². The third-order valence-electron chi connectivity index (χ3n) is 11.2. The molecule has 8 atom stereocenters. The molecule has 25 N–H and O–H groups in total. The number of nitrogens with two attached hydrogens (primary N) is 7. The van der Waals surface area contributed by atoms with Gasteiger partial charge in [-0.3, -0.25) is 53.3 Å². The van der Waals surface area contributed by atoms with E-state index in [1.807, 2.05) is 0 Å². The average molecular weight is 1120 g/mol. The molecule has 2 aromatic rings. The number of aromatic amines is 1. The van der Waals surface area contributed by atoms with Gasteiger partial charge in [0.15, 0.2) is 17.9 Å². The molecule has 1 aromatic heterocycles. The standard InChI is InChI=1S/C46H76N20O11S/c1-25(47)36(69)65-32(19-26-9-4-3-5-10-26)40(73)61-28(11-6-15-55-44(48)49)37(70)58-22-35(68)60-34(23-67)42(75)63-30(13-8-17-57-46(52)53)39(72)66-33(20-27-21-54-24-59-27)41(74)62-29(12-7-16-56-45(50)51)38(71)64-31(43(76)77)14-18-78-2/h3-5,9-10,21,24-25,28-34,67H,6-8,11-20,22-23,47H2,1-2H3,(H,54,59)(H,58,70)(H,60,68)(H,61,73)(H,62,74)(H,63,75)(H,64,71)(H,65,69)(H,66,72)(H,76,77)(H4,48,49,55)(H4,50,51,56)(H4,52,53,57)/t25-,28-,29-,30-,31-,32-,33-,34-/m0/s1. The lowest BCUT2D eigenvalue weighted by Gasteiger charge is -2.27. The van der Waals surface area contributed by atoms with Crippen LogP contribution in [0.5, 0.6) is 0 Å². The summed E-state index contributed by atoms with van der Waals surface area (Å²) >= 11 is 1.36. The van der Waals surface area contributed by atoms with Crippen LogP contribution in [-0.2, 0) is 56.0 Å². The Bertz CT molecular complexity index is 2350. The summed E-state index contributed by atoms with van der Waals surface area (Å²) in [5.74, 6) is -8.61. The number of aliphatic hydroxyl groups excluding tert-OH is 1. The van der Waals surface area contributed by atoms with Crippen LogP contribution >= 0.6 is 11.8 Å². The number of aromatic nitrogens is 2. The Morgan fingerprint density at radius 1 is 0.590 bits per heavy atom. The number of carbonyl (C=O) groups excluding carboxylic acids is 8. The number of benzene rings is 1. The molecular weight excluding hydrogens is 1040 g/mol. The summed E-state index contributed by atoms with van der Waals surface area (Å²) in [5.41, 5.74) is 39.5. The maximum atomic E-state index is 14.2. The molecule has 0 radical (unpaired) electrons. The van der Waals surface area contributed by atoms with Crippen LogP contribution in [0.25, 0.3) is 0 Å². The number of rotatable bonds is 37. The van der Waals surface area contributed by atoms with Crippen molar-refractivity contribution in [3.63, 3.8) is 0 Å². The largest absolute Gasteiger partial charge is 0.480 e. The number of guanidine groups is 3. The Labute approximate surface area is 454 Å². The number of imidazole rings is 1. The molecular formula is C46H76N20O11S. The number of hydrogen-bond acceptors (Lipinski definition) is 16. The smallest absolute Gasteiger partial charge is 0.326 e. The van der Waals surface area contributed by atoms with Crippen molar-refractivity contribution in [2.45, 2.75) is 113 Å². The monoisotopic (exact) mass is 1120 g/mol. The van der Waals surface area contributed by atoms with Gasteiger partial charge < -0.3 is 97.9 Å². The number of amides is 8. The molecule has 1 heterocycles. The van der Waals surface area contributed by atoms with Crippen LogP contribution in [0.2, 0.25) is 0 Å². The minimum absolute atomic E-state index is 0.0181. The van der Waals surface area contributed by atoms with Gasteiger partial charge in [0.05, 0.1) is 25.5 Å². The lowest BCUT2D eigenvalue weighted by molar-refractivity contribution is -0.142. The van der Waals surface area contributed by atoms with Gasteiger partial charge in [-0.1, -0.05) is 30.3 Å². The Morgan fingerprint density at radius 3 is 1.46 bits per heavy atom. The molecule has 31 nitrogen and oxygen atoms in total. The van der Waals surface area contributed by atoms with E-state index in [2.05, 4.69) is 67.5 Å². The van der Waals surface area contributed by atoms with Crippen molar-refractivity contribution >= 4 is 82.9 Å². The predicted molar refractivity (Wildman–Crippen MR) is 290 cm³/mol. The second-order valence-corrected chi connectivity index (χ2v) is 18.6. The summed E-state index contributed by atoms with van der Waals surface area (Å²) in [4.78, 5) is 139. The molecule has 0 aliphatic carbocycles. The number of H-pyrrole nitrogens is 1. The molecule has 0 spiro atoms. The number of carboxylic acid groups (broad SMARTS) is 1. The lowest BCUT2D eigenvalue weighted by Crippen LogP contribution is -2.60. The van der Waals surface area contributed by atoms with E-state index in [9.17, 15) is 53.4 Å². The number of aliphatic imine (C=N–C) groups is 3. The molecule has 432 valence electrons. The number of nitrogens with one attached hydrogen (secondary N) is 9. The van der Waals surface area contributed by atoms with Crippen LogP contribution in [0.4, 0.5) is 0 Å². The first-order valence-corrected chi connectivity index (χ1v) is 26.1. The SMILES string of the molecule is CSCC[C@H](NC(=O)[C@H](CCCN=C(N)N)NC(=O)[C@H](Cc1cnc[nH]1)NC(=O)[C@H](CCCN=C(N)N)NC(=O)[C@H](CO)NC(=O)CNC(=O)[C@H](CCCN=C(N)N)NC(=O)[C@H](Cc1ccccc1)NC(=O)[C@H](C)N)C(=O)O. The number of aliphatic carboxylic acids is 1. The van der Waals surface area contributed by atoms with E-state index in [0.29, 0.717) is 17.0 Å². The molecule has 0 fully saturated rings. The Hall–Kier alpha value is -8.26. The third-order valence-corrected chi connectivity index (χ3v) is 11.8. The van der Waals surface area contributed by atoms with Crippen LogP contribution in [0, 0.1) is 0 Å². The van der Waals surface area contributed by atoms with Gasteiger partial charge >= 0.3 is 5.97 Å². The summed E-state index contributed by atoms with van der Waals surface area (Å²) < 4.78 is 0. The van der Waals surface area contributed by atoms with E-state index in [4.69, 9.17) is 40.1 Å².